The number of halogens is 2. The number of likely N-dealkylation sites (N-methyl/N-ethyl adjacent to an activating group) is 1. The standard InChI is InChI=1S/C17H23N3O4.C7H6F2O.C2H6/c1-10-8-14(23-11(10)2)16(21)19-12-4-6-18-15(9-12)24-13-5-7-20(3)17(13)22;1-10-6-4-2-3-5(8)7(6)9;1-2/h4,6,9-11,13-14H,5,7-8H2,1-3H3,(H,18,19,21);2-4H,1H3;1-2H3. The zero-order valence-electron chi connectivity index (χ0n) is 21.6. The number of anilines is 1. The van der Waals surface area contributed by atoms with Crippen molar-refractivity contribution in [2.24, 2.45) is 5.92 Å². The van der Waals surface area contributed by atoms with E-state index in [0.29, 0.717) is 36.9 Å². The van der Waals surface area contributed by atoms with Crippen LogP contribution in [0.15, 0.2) is 36.5 Å². The number of hydrogen-bond donors (Lipinski definition) is 1. The predicted molar refractivity (Wildman–Crippen MR) is 132 cm³/mol. The monoisotopic (exact) mass is 507 g/mol. The maximum atomic E-state index is 12.5. The van der Waals surface area contributed by atoms with E-state index in [2.05, 4.69) is 22.0 Å². The highest BCUT2D eigenvalue weighted by Crippen LogP contribution is 2.27. The summed E-state index contributed by atoms with van der Waals surface area (Å²) in [5.41, 5.74) is 0.583. The molecule has 0 aliphatic carbocycles. The Labute approximate surface area is 210 Å². The van der Waals surface area contributed by atoms with Gasteiger partial charge in [0.25, 0.3) is 11.8 Å². The van der Waals surface area contributed by atoms with Crippen molar-refractivity contribution in [3.05, 3.63) is 48.2 Å². The van der Waals surface area contributed by atoms with Crippen molar-refractivity contribution in [1.82, 2.24) is 9.88 Å². The van der Waals surface area contributed by atoms with Crippen LogP contribution in [-0.2, 0) is 14.3 Å². The number of nitrogens with zero attached hydrogens (tertiary/aromatic N) is 2. The summed E-state index contributed by atoms with van der Waals surface area (Å²) in [5.74, 6) is -1.42. The van der Waals surface area contributed by atoms with Crippen molar-refractivity contribution in [2.75, 3.05) is 26.0 Å². The molecule has 4 rings (SSSR count). The number of likely N-dealkylation sites (tertiary alicyclic amines) is 1. The molecule has 198 valence electrons. The molecule has 10 heteroatoms. The van der Waals surface area contributed by atoms with Crippen LogP contribution in [0.25, 0.3) is 0 Å². The highest BCUT2D eigenvalue weighted by atomic mass is 19.2. The van der Waals surface area contributed by atoms with Crippen molar-refractivity contribution in [1.29, 1.82) is 0 Å². The van der Waals surface area contributed by atoms with E-state index in [1.165, 1.54) is 19.2 Å². The number of benzene rings is 1. The molecule has 4 unspecified atom stereocenters. The van der Waals surface area contributed by atoms with Crippen LogP contribution >= 0.6 is 0 Å². The summed E-state index contributed by atoms with van der Waals surface area (Å²) in [6, 6.07) is 7.11. The lowest BCUT2D eigenvalue weighted by atomic mass is 10.0. The zero-order valence-corrected chi connectivity index (χ0v) is 21.6. The maximum absolute atomic E-state index is 12.5. The van der Waals surface area contributed by atoms with Crippen LogP contribution in [0.3, 0.4) is 0 Å². The van der Waals surface area contributed by atoms with Crippen molar-refractivity contribution < 1.29 is 32.6 Å². The number of rotatable bonds is 5. The van der Waals surface area contributed by atoms with Gasteiger partial charge in [-0.3, -0.25) is 9.59 Å². The lowest BCUT2D eigenvalue weighted by Crippen LogP contribution is -2.30. The third kappa shape index (κ3) is 7.61. The van der Waals surface area contributed by atoms with E-state index in [4.69, 9.17) is 9.47 Å². The van der Waals surface area contributed by atoms with Crippen LogP contribution in [-0.4, -0.2) is 60.7 Å². The molecule has 2 aromatic rings. The van der Waals surface area contributed by atoms with Crippen molar-refractivity contribution >= 4 is 17.5 Å². The second kappa shape index (κ2) is 13.7. The van der Waals surface area contributed by atoms with E-state index in [1.807, 2.05) is 20.8 Å². The summed E-state index contributed by atoms with van der Waals surface area (Å²) in [6.07, 6.45) is 2.05. The van der Waals surface area contributed by atoms with Gasteiger partial charge in [0.2, 0.25) is 11.7 Å². The Morgan fingerprint density at radius 1 is 1.22 bits per heavy atom. The molecule has 2 fully saturated rings. The van der Waals surface area contributed by atoms with Gasteiger partial charge in [-0.05, 0) is 37.5 Å². The van der Waals surface area contributed by atoms with Crippen molar-refractivity contribution in [3.8, 4) is 11.6 Å². The Kier molecular flexibility index (Phi) is 11.0. The fraction of sp³-hybridized carbons (Fsp3) is 0.500. The third-order valence-electron chi connectivity index (χ3n) is 5.84. The summed E-state index contributed by atoms with van der Waals surface area (Å²) in [7, 11) is 3.04. The average Bonchev–Trinajstić information content (AvgIpc) is 3.38. The second-order valence-corrected chi connectivity index (χ2v) is 8.33. The zero-order chi connectivity index (χ0) is 26.8. The first-order chi connectivity index (χ1) is 17.2. The first kappa shape index (κ1) is 29.0. The van der Waals surface area contributed by atoms with Crippen molar-refractivity contribution in [2.45, 2.75) is 58.8 Å². The largest absolute Gasteiger partial charge is 0.494 e. The SMILES string of the molecule is CC.CC1CC(C(=O)Nc2ccnc(OC3CCN(C)C3=O)c2)OC1C.COc1cccc(F)c1F. The minimum Gasteiger partial charge on any atom is -0.494 e. The van der Waals surface area contributed by atoms with Gasteiger partial charge in [-0.2, -0.15) is 4.39 Å². The number of ether oxygens (including phenoxy) is 3. The summed E-state index contributed by atoms with van der Waals surface area (Å²) < 4.78 is 40.6. The van der Waals surface area contributed by atoms with Gasteiger partial charge in [0.15, 0.2) is 17.7 Å². The van der Waals surface area contributed by atoms with E-state index < -0.39 is 23.8 Å². The van der Waals surface area contributed by atoms with Gasteiger partial charge >= 0.3 is 0 Å². The Morgan fingerprint density at radius 3 is 2.50 bits per heavy atom. The molecular formula is C26H35F2N3O5. The number of pyridine rings is 1. The van der Waals surface area contributed by atoms with Gasteiger partial charge in [-0.1, -0.05) is 26.8 Å². The van der Waals surface area contributed by atoms with E-state index in [9.17, 15) is 18.4 Å². The lowest BCUT2D eigenvalue weighted by molar-refractivity contribution is -0.132. The molecule has 1 aromatic carbocycles. The first-order valence-corrected chi connectivity index (χ1v) is 12.0. The second-order valence-electron chi connectivity index (χ2n) is 8.33. The smallest absolute Gasteiger partial charge is 0.263 e. The van der Waals surface area contributed by atoms with Gasteiger partial charge in [-0.25, -0.2) is 9.37 Å². The molecule has 3 heterocycles. The minimum absolute atomic E-state index is 0.0476. The Balaban J connectivity index is 0.000000318. The molecule has 0 radical (unpaired) electrons. The van der Waals surface area contributed by atoms with Crippen LogP contribution in [0.1, 0.15) is 40.5 Å². The summed E-state index contributed by atoms with van der Waals surface area (Å²) in [6.45, 7) is 8.73. The van der Waals surface area contributed by atoms with Gasteiger partial charge in [0.05, 0.1) is 13.2 Å². The molecule has 0 spiro atoms. The molecule has 8 nitrogen and oxygen atoms in total. The Morgan fingerprint density at radius 2 is 1.94 bits per heavy atom. The van der Waals surface area contributed by atoms with E-state index in [0.717, 1.165) is 6.07 Å². The lowest BCUT2D eigenvalue weighted by Gasteiger charge is -2.14. The molecule has 4 atom stereocenters. The highest BCUT2D eigenvalue weighted by molar-refractivity contribution is 5.94. The number of carbonyl (C=O) groups excluding carboxylic acids is 2. The molecule has 1 aromatic heterocycles. The maximum Gasteiger partial charge on any atom is 0.263 e. The molecule has 1 N–H and O–H groups in total. The summed E-state index contributed by atoms with van der Waals surface area (Å²) in [4.78, 5) is 29.9. The van der Waals surface area contributed by atoms with E-state index in [-0.39, 0.29) is 23.7 Å². The van der Waals surface area contributed by atoms with Crippen LogP contribution in [0.4, 0.5) is 14.5 Å². The van der Waals surface area contributed by atoms with E-state index in [1.54, 1.807) is 30.3 Å². The molecule has 2 saturated heterocycles. The number of carbonyl (C=O) groups is 2. The van der Waals surface area contributed by atoms with Gasteiger partial charge in [0.1, 0.15) is 6.10 Å². The van der Waals surface area contributed by atoms with Gasteiger partial charge in [0, 0.05) is 38.0 Å². The molecule has 2 amide bonds. The van der Waals surface area contributed by atoms with Crippen molar-refractivity contribution in [3.63, 3.8) is 0 Å². The molecule has 36 heavy (non-hydrogen) atoms. The Bertz CT molecular complexity index is 1010. The Hall–Kier alpha value is -3.27. The quantitative estimate of drug-likeness (QED) is 0.644. The highest BCUT2D eigenvalue weighted by Gasteiger charge is 2.34. The number of hydrogen-bond acceptors (Lipinski definition) is 6. The van der Waals surface area contributed by atoms with Crippen LogP contribution in [0.2, 0.25) is 0 Å². The summed E-state index contributed by atoms with van der Waals surface area (Å²) >= 11 is 0. The predicted octanol–water partition coefficient (Wildman–Crippen LogP) is 4.44. The fourth-order valence-corrected chi connectivity index (χ4v) is 3.61. The van der Waals surface area contributed by atoms with Crippen LogP contribution < -0.4 is 14.8 Å². The topological polar surface area (TPSA) is 90.0 Å². The number of methoxy groups -OCH3 is 1. The number of aromatic nitrogens is 1. The number of amides is 2. The molecule has 0 saturated carbocycles. The normalized spacial score (nSPS) is 22.7. The third-order valence-corrected chi connectivity index (χ3v) is 5.84. The average molecular weight is 508 g/mol. The molecule has 2 aliphatic heterocycles. The van der Waals surface area contributed by atoms with E-state index >= 15 is 0 Å². The molecule has 0 bridgehead atoms. The first-order valence-electron chi connectivity index (χ1n) is 12.0. The molecular weight excluding hydrogens is 472 g/mol. The van der Waals surface area contributed by atoms with Crippen LogP contribution in [0.5, 0.6) is 11.6 Å². The summed E-state index contributed by atoms with van der Waals surface area (Å²) in [5, 5.41) is 2.83. The number of nitrogens with one attached hydrogen (secondary N) is 1. The van der Waals surface area contributed by atoms with Crippen LogP contribution in [0, 0.1) is 17.6 Å². The molecule has 2 aliphatic rings. The minimum atomic E-state index is -0.940. The fourth-order valence-electron chi connectivity index (χ4n) is 3.61. The van der Waals surface area contributed by atoms with Gasteiger partial charge in [-0.15, -0.1) is 0 Å². The van der Waals surface area contributed by atoms with Gasteiger partial charge < -0.3 is 24.4 Å².